The lowest BCUT2D eigenvalue weighted by Crippen LogP contribution is -3.18. The van der Waals surface area contributed by atoms with Crippen molar-refractivity contribution in [3.05, 3.63) is 12.7 Å². The molecule has 2 rings (SSSR count). The minimum Gasteiger partial charge on any atom is -0.370 e. The summed E-state index contributed by atoms with van der Waals surface area (Å²) in [4.78, 5) is 26.1. The highest BCUT2D eigenvalue weighted by atomic mass is 16.5. The summed E-state index contributed by atoms with van der Waals surface area (Å²) in [6, 6.07) is -0.198. The Kier molecular flexibility index (Phi) is 3.36. The molecule has 0 aromatic rings. The fourth-order valence-electron chi connectivity index (χ4n) is 2.31. The molecule has 2 aliphatic rings. The third kappa shape index (κ3) is 2.01. The zero-order chi connectivity index (χ0) is 11.5. The number of imide groups is 1. The molecule has 16 heavy (non-hydrogen) atoms. The van der Waals surface area contributed by atoms with Crippen molar-refractivity contribution >= 4 is 11.8 Å². The Balaban J connectivity index is 2.04. The first kappa shape index (κ1) is 11.3. The number of likely N-dealkylation sites (tertiary alicyclic amines) is 1. The molecule has 0 aliphatic carbocycles. The van der Waals surface area contributed by atoms with E-state index in [4.69, 9.17) is 4.74 Å². The lowest BCUT2D eigenvalue weighted by molar-refractivity contribution is -0.922. The zero-order valence-corrected chi connectivity index (χ0v) is 9.28. The quantitative estimate of drug-likeness (QED) is 0.456. The monoisotopic (exact) mass is 225 g/mol. The molecular weight excluding hydrogens is 208 g/mol. The van der Waals surface area contributed by atoms with Gasteiger partial charge in [0.05, 0.1) is 19.6 Å². The van der Waals surface area contributed by atoms with Gasteiger partial charge in [-0.2, -0.15) is 0 Å². The minimum atomic E-state index is -0.198. The highest BCUT2D eigenvalue weighted by Crippen LogP contribution is 2.10. The van der Waals surface area contributed by atoms with Gasteiger partial charge in [-0.25, -0.2) is 0 Å². The largest absolute Gasteiger partial charge is 0.370 e. The van der Waals surface area contributed by atoms with Crippen LogP contribution in [0.1, 0.15) is 6.42 Å². The molecular formula is C11H17N2O3+. The summed E-state index contributed by atoms with van der Waals surface area (Å²) in [5.74, 6) is -0.129. The van der Waals surface area contributed by atoms with E-state index in [1.165, 1.54) is 9.80 Å². The molecule has 0 aromatic heterocycles. The third-order valence-electron chi connectivity index (χ3n) is 3.18. The zero-order valence-electron chi connectivity index (χ0n) is 9.28. The molecule has 1 N–H and O–H groups in total. The average Bonchev–Trinajstić information content (AvgIpc) is 2.59. The van der Waals surface area contributed by atoms with Crippen LogP contribution in [0.3, 0.4) is 0 Å². The van der Waals surface area contributed by atoms with E-state index in [-0.39, 0.29) is 17.9 Å². The summed E-state index contributed by atoms with van der Waals surface area (Å²) < 4.78 is 5.25. The Morgan fingerprint density at radius 2 is 2.12 bits per heavy atom. The van der Waals surface area contributed by atoms with Gasteiger partial charge in [-0.1, -0.05) is 6.08 Å². The molecule has 0 bridgehead atoms. The van der Waals surface area contributed by atoms with Gasteiger partial charge in [0.2, 0.25) is 5.91 Å². The van der Waals surface area contributed by atoms with Crippen molar-refractivity contribution in [3.8, 4) is 0 Å². The van der Waals surface area contributed by atoms with E-state index in [9.17, 15) is 9.59 Å². The fraction of sp³-hybridized carbons (Fsp3) is 0.636. The maximum absolute atomic E-state index is 12.0. The van der Waals surface area contributed by atoms with Crippen LogP contribution in [0, 0.1) is 0 Å². The molecule has 2 saturated heterocycles. The lowest BCUT2D eigenvalue weighted by Gasteiger charge is -2.27. The molecule has 88 valence electrons. The Bertz CT molecular complexity index is 310. The molecule has 0 unspecified atom stereocenters. The van der Waals surface area contributed by atoms with Crippen LogP contribution in [0.4, 0.5) is 0 Å². The smallest absolute Gasteiger partial charge is 0.288 e. The van der Waals surface area contributed by atoms with Crippen molar-refractivity contribution in [2.75, 3.05) is 32.8 Å². The van der Waals surface area contributed by atoms with Crippen LogP contribution in [0.25, 0.3) is 0 Å². The number of hydrogen-bond acceptors (Lipinski definition) is 3. The fourth-order valence-corrected chi connectivity index (χ4v) is 2.31. The molecule has 2 aliphatic heterocycles. The highest BCUT2D eigenvalue weighted by molar-refractivity contribution is 6.04. The van der Waals surface area contributed by atoms with E-state index < -0.39 is 0 Å². The van der Waals surface area contributed by atoms with Gasteiger partial charge in [-0.15, -0.1) is 6.58 Å². The Morgan fingerprint density at radius 1 is 1.44 bits per heavy atom. The first-order chi connectivity index (χ1) is 7.74. The molecule has 0 radical (unpaired) electrons. The molecule has 0 spiro atoms. The summed E-state index contributed by atoms with van der Waals surface area (Å²) in [5.41, 5.74) is 0. The first-order valence-corrected chi connectivity index (χ1v) is 5.61. The SMILES string of the molecule is C=CCN1C(=O)C[C@@H]([NH+]2CCOCC2)C1=O. The predicted octanol–water partition coefficient (Wildman–Crippen LogP) is -1.78. The van der Waals surface area contributed by atoms with E-state index in [1.54, 1.807) is 6.08 Å². The van der Waals surface area contributed by atoms with Crippen LogP contribution in [-0.2, 0) is 14.3 Å². The van der Waals surface area contributed by atoms with Gasteiger partial charge in [-0.05, 0) is 0 Å². The summed E-state index contributed by atoms with van der Waals surface area (Å²) in [7, 11) is 0. The summed E-state index contributed by atoms with van der Waals surface area (Å²) in [5, 5.41) is 0. The van der Waals surface area contributed by atoms with Crippen LogP contribution in [0.2, 0.25) is 0 Å². The van der Waals surface area contributed by atoms with Crippen molar-refractivity contribution in [1.29, 1.82) is 0 Å². The standard InChI is InChI=1S/C11H16N2O3/c1-2-3-13-10(14)8-9(11(13)15)12-4-6-16-7-5-12/h2,9H,1,3-8H2/p+1/t9-/m1/s1. The average molecular weight is 225 g/mol. The summed E-state index contributed by atoms with van der Waals surface area (Å²) in [6.07, 6.45) is 1.93. The number of nitrogens with one attached hydrogen (secondary N) is 1. The Labute approximate surface area is 94.6 Å². The summed E-state index contributed by atoms with van der Waals surface area (Å²) >= 11 is 0. The molecule has 2 amide bonds. The number of hydrogen-bond donors (Lipinski definition) is 1. The second kappa shape index (κ2) is 4.76. The first-order valence-electron chi connectivity index (χ1n) is 5.61. The van der Waals surface area contributed by atoms with E-state index in [1.807, 2.05) is 0 Å². The van der Waals surface area contributed by atoms with E-state index in [0.717, 1.165) is 13.1 Å². The lowest BCUT2D eigenvalue weighted by atomic mass is 10.2. The van der Waals surface area contributed by atoms with E-state index in [0.29, 0.717) is 26.2 Å². The van der Waals surface area contributed by atoms with Gasteiger partial charge in [0.1, 0.15) is 13.1 Å². The van der Waals surface area contributed by atoms with Crippen molar-refractivity contribution < 1.29 is 19.2 Å². The van der Waals surface area contributed by atoms with Crippen LogP contribution >= 0.6 is 0 Å². The topological polar surface area (TPSA) is 51.1 Å². The van der Waals surface area contributed by atoms with Crippen LogP contribution in [0.5, 0.6) is 0 Å². The molecule has 0 saturated carbocycles. The number of ether oxygens (including phenoxy) is 1. The van der Waals surface area contributed by atoms with E-state index in [2.05, 4.69) is 6.58 Å². The van der Waals surface area contributed by atoms with Gasteiger partial charge < -0.3 is 9.64 Å². The molecule has 0 aromatic carbocycles. The number of amides is 2. The van der Waals surface area contributed by atoms with Crippen molar-refractivity contribution in [2.45, 2.75) is 12.5 Å². The predicted molar refractivity (Wildman–Crippen MR) is 56.8 cm³/mol. The van der Waals surface area contributed by atoms with Crippen molar-refractivity contribution in [3.63, 3.8) is 0 Å². The van der Waals surface area contributed by atoms with Gasteiger partial charge in [0.25, 0.3) is 5.91 Å². The second-order valence-electron chi connectivity index (χ2n) is 4.16. The molecule has 5 nitrogen and oxygen atoms in total. The highest BCUT2D eigenvalue weighted by Gasteiger charge is 2.44. The minimum absolute atomic E-state index is 0.0539. The Morgan fingerprint density at radius 3 is 2.75 bits per heavy atom. The van der Waals surface area contributed by atoms with E-state index >= 15 is 0 Å². The number of carbonyl (C=O) groups is 2. The number of morpholine rings is 1. The molecule has 2 heterocycles. The molecule has 2 fully saturated rings. The van der Waals surface area contributed by atoms with Gasteiger partial charge >= 0.3 is 0 Å². The van der Waals surface area contributed by atoms with Crippen molar-refractivity contribution in [2.24, 2.45) is 0 Å². The third-order valence-corrected chi connectivity index (χ3v) is 3.18. The number of nitrogens with zero attached hydrogens (tertiary/aromatic N) is 1. The maximum atomic E-state index is 12.0. The normalized spacial score (nSPS) is 27.5. The van der Waals surface area contributed by atoms with Gasteiger partial charge in [0, 0.05) is 6.54 Å². The number of quaternary nitrogens is 1. The number of rotatable bonds is 3. The number of carbonyl (C=O) groups excluding carboxylic acids is 2. The van der Waals surface area contributed by atoms with Crippen LogP contribution < -0.4 is 4.90 Å². The second-order valence-corrected chi connectivity index (χ2v) is 4.16. The van der Waals surface area contributed by atoms with Gasteiger partial charge in [0.15, 0.2) is 6.04 Å². The maximum Gasteiger partial charge on any atom is 0.288 e. The summed E-state index contributed by atoms with van der Waals surface area (Å²) in [6.45, 7) is 6.86. The molecule has 5 heteroatoms. The van der Waals surface area contributed by atoms with Crippen LogP contribution in [-0.4, -0.2) is 55.6 Å². The van der Waals surface area contributed by atoms with Crippen molar-refractivity contribution in [1.82, 2.24) is 4.90 Å². The van der Waals surface area contributed by atoms with Crippen LogP contribution in [0.15, 0.2) is 12.7 Å². The molecule has 1 atom stereocenters. The van der Waals surface area contributed by atoms with Gasteiger partial charge in [-0.3, -0.25) is 14.5 Å². The Hall–Kier alpha value is -1.20.